The molecule has 0 aliphatic heterocycles. The van der Waals surface area contributed by atoms with E-state index in [1.807, 2.05) is 0 Å². The second-order valence-electron chi connectivity index (χ2n) is 5.60. The summed E-state index contributed by atoms with van der Waals surface area (Å²) in [5.41, 5.74) is 5.83. The highest BCUT2D eigenvalue weighted by atomic mass is 14.9. The predicted octanol–water partition coefficient (Wildman–Crippen LogP) is 4.06. The van der Waals surface area contributed by atoms with Gasteiger partial charge in [0.25, 0.3) is 0 Å². The van der Waals surface area contributed by atoms with Crippen molar-refractivity contribution < 1.29 is 0 Å². The van der Waals surface area contributed by atoms with Crippen LogP contribution in [-0.4, -0.2) is 6.54 Å². The van der Waals surface area contributed by atoms with E-state index in [1.165, 1.54) is 36.0 Å². The fourth-order valence-corrected chi connectivity index (χ4v) is 2.98. The van der Waals surface area contributed by atoms with Crippen molar-refractivity contribution in [2.75, 3.05) is 6.54 Å². The molecule has 1 aliphatic rings. The first-order valence-electron chi connectivity index (χ1n) is 6.93. The summed E-state index contributed by atoms with van der Waals surface area (Å²) in [4.78, 5) is 0. The number of hydrogen-bond acceptors (Lipinski definition) is 1. The lowest BCUT2D eigenvalue weighted by Gasteiger charge is -2.23. The van der Waals surface area contributed by atoms with Crippen molar-refractivity contribution in [1.82, 2.24) is 5.32 Å². The van der Waals surface area contributed by atoms with Crippen LogP contribution in [0.1, 0.15) is 54.5 Å². The summed E-state index contributed by atoms with van der Waals surface area (Å²) >= 11 is 0. The SMILES string of the molecule is CCNC(CC1CC1)c1c(C)cc(C)cc1C. The summed E-state index contributed by atoms with van der Waals surface area (Å²) in [5.74, 6) is 0.971. The normalized spacial score (nSPS) is 17.2. The van der Waals surface area contributed by atoms with Crippen molar-refractivity contribution in [1.29, 1.82) is 0 Å². The average molecular weight is 231 g/mol. The summed E-state index contributed by atoms with van der Waals surface area (Å²) in [7, 11) is 0. The largest absolute Gasteiger partial charge is 0.310 e. The van der Waals surface area contributed by atoms with E-state index in [0.29, 0.717) is 6.04 Å². The van der Waals surface area contributed by atoms with Crippen LogP contribution in [0.3, 0.4) is 0 Å². The first kappa shape index (κ1) is 12.6. The molecule has 2 rings (SSSR count). The number of hydrogen-bond donors (Lipinski definition) is 1. The molecule has 0 bridgehead atoms. The van der Waals surface area contributed by atoms with E-state index in [2.05, 4.69) is 45.1 Å². The molecule has 17 heavy (non-hydrogen) atoms. The maximum atomic E-state index is 3.67. The molecule has 1 unspecified atom stereocenters. The van der Waals surface area contributed by atoms with Crippen LogP contribution >= 0.6 is 0 Å². The Morgan fingerprint density at radius 3 is 2.24 bits per heavy atom. The number of rotatable bonds is 5. The van der Waals surface area contributed by atoms with Gasteiger partial charge in [-0.15, -0.1) is 0 Å². The summed E-state index contributed by atoms with van der Waals surface area (Å²) in [6.45, 7) is 9.97. The second kappa shape index (κ2) is 5.22. The standard InChI is InChI=1S/C16H25N/c1-5-17-15(10-14-6-7-14)16-12(3)8-11(2)9-13(16)4/h8-9,14-15,17H,5-7,10H2,1-4H3. The lowest BCUT2D eigenvalue weighted by atomic mass is 9.91. The predicted molar refractivity (Wildman–Crippen MR) is 74.4 cm³/mol. The third-order valence-electron chi connectivity index (χ3n) is 3.80. The van der Waals surface area contributed by atoms with E-state index < -0.39 is 0 Å². The van der Waals surface area contributed by atoms with Crippen LogP contribution in [0.5, 0.6) is 0 Å². The summed E-state index contributed by atoms with van der Waals surface area (Å²) in [5, 5.41) is 3.67. The highest BCUT2D eigenvalue weighted by molar-refractivity contribution is 5.39. The minimum Gasteiger partial charge on any atom is -0.310 e. The fraction of sp³-hybridized carbons (Fsp3) is 0.625. The third-order valence-corrected chi connectivity index (χ3v) is 3.80. The van der Waals surface area contributed by atoms with Crippen molar-refractivity contribution in [3.05, 3.63) is 34.4 Å². The molecule has 1 saturated carbocycles. The van der Waals surface area contributed by atoms with Crippen LogP contribution in [0.15, 0.2) is 12.1 Å². The van der Waals surface area contributed by atoms with E-state index in [0.717, 1.165) is 12.5 Å². The van der Waals surface area contributed by atoms with Crippen LogP contribution in [0.2, 0.25) is 0 Å². The quantitative estimate of drug-likeness (QED) is 0.805. The van der Waals surface area contributed by atoms with Gasteiger partial charge < -0.3 is 5.32 Å². The third kappa shape index (κ3) is 3.10. The highest BCUT2D eigenvalue weighted by Gasteiger charge is 2.27. The van der Waals surface area contributed by atoms with E-state index in [1.54, 1.807) is 5.56 Å². The average Bonchev–Trinajstić information content (AvgIpc) is 3.00. The Morgan fingerprint density at radius 2 is 1.76 bits per heavy atom. The molecule has 94 valence electrons. The molecule has 1 nitrogen and oxygen atoms in total. The van der Waals surface area contributed by atoms with Gasteiger partial charge in [0.1, 0.15) is 0 Å². The summed E-state index contributed by atoms with van der Waals surface area (Å²) in [6.07, 6.45) is 4.19. The van der Waals surface area contributed by atoms with E-state index in [-0.39, 0.29) is 0 Å². The smallest absolute Gasteiger partial charge is 0.0328 e. The van der Waals surface area contributed by atoms with Gasteiger partial charge in [-0.3, -0.25) is 0 Å². The molecule has 1 aromatic rings. The zero-order valence-electron chi connectivity index (χ0n) is 11.6. The number of aryl methyl sites for hydroxylation is 3. The maximum Gasteiger partial charge on any atom is 0.0328 e. The van der Waals surface area contributed by atoms with Crippen LogP contribution in [-0.2, 0) is 0 Å². The Labute approximate surface area is 106 Å². The Kier molecular flexibility index (Phi) is 3.88. The van der Waals surface area contributed by atoms with Crippen molar-refractivity contribution >= 4 is 0 Å². The molecule has 0 spiro atoms. The van der Waals surface area contributed by atoms with Crippen molar-refractivity contribution in [2.24, 2.45) is 5.92 Å². The fourth-order valence-electron chi connectivity index (χ4n) is 2.98. The molecular weight excluding hydrogens is 206 g/mol. The molecule has 1 aromatic carbocycles. The monoisotopic (exact) mass is 231 g/mol. The van der Waals surface area contributed by atoms with Gasteiger partial charge in [0.2, 0.25) is 0 Å². The minimum absolute atomic E-state index is 0.563. The first-order valence-corrected chi connectivity index (χ1v) is 6.93. The van der Waals surface area contributed by atoms with Crippen molar-refractivity contribution in [2.45, 2.75) is 53.0 Å². The number of benzene rings is 1. The Hall–Kier alpha value is -0.820. The highest BCUT2D eigenvalue weighted by Crippen LogP contribution is 2.39. The van der Waals surface area contributed by atoms with Crippen LogP contribution in [0, 0.1) is 26.7 Å². The Balaban J connectivity index is 2.26. The molecule has 0 aromatic heterocycles. The van der Waals surface area contributed by atoms with Gasteiger partial charge in [-0.25, -0.2) is 0 Å². The van der Waals surface area contributed by atoms with E-state index in [9.17, 15) is 0 Å². The molecule has 1 fully saturated rings. The molecule has 1 aliphatic carbocycles. The lowest BCUT2D eigenvalue weighted by Crippen LogP contribution is -2.23. The summed E-state index contributed by atoms with van der Waals surface area (Å²) in [6, 6.07) is 5.20. The zero-order chi connectivity index (χ0) is 12.4. The zero-order valence-corrected chi connectivity index (χ0v) is 11.6. The molecule has 1 atom stereocenters. The maximum absolute atomic E-state index is 3.67. The molecular formula is C16H25N. The number of nitrogens with one attached hydrogen (secondary N) is 1. The van der Waals surface area contributed by atoms with Gasteiger partial charge in [0, 0.05) is 6.04 Å². The van der Waals surface area contributed by atoms with Gasteiger partial charge in [0.05, 0.1) is 0 Å². The second-order valence-corrected chi connectivity index (χ2v) is 5.60. The molecule has 0 amide bonds. The van der Waals surface area contributed by atoms with E-state index in [4.69, 9.17) is 0 Å². The van der Waals surface area contributed by atoms with Crippen LogP contribution < -0.4 is 5.32 Å². The first-order chi connectivity index (χ1) is 8.11. The Morgan fingerprint density at radius 1 is 1.18 bits per heavy atom. The van der Waals surface area contributed by atoms with Gasteiger partial charge in [-0.05, 0) is 56.3 Å². The molecule has 0 saturated heterocycles. The molecule has 0 heterocycles. The van der Waals surface area contributed by atoms with Crippen LogP contribution in [0.4, 0.5) is 0 Å². The molecule has 1 heteroatoms. The summed E-state index contributed by atoms with van der Waals surface area (Å²) < 4.78 is 0. The van der Waals surface area contributed by atoms with Gasteiger partial charge in [-0.2, -0.15) is 0 Å². The molecule has 1 N–H and O–H groups in total. The van der Waals surface area contributed by atoms with Crippen molar-refractivity contribution in [3.63, 3.8) is 0 Å². The molecule has 0 radical (unpaired) electrons. The van der Waals surface area contributed by atoms with Crippen LogP contribution in [0.25, 0.3) is 0 Å². The van der Waals surface area contributed by atoms with Gasteiger partial charge in [0.15, 0.2) is 0 Å². The van der Waals surface area contributed by atoms with E-state index >= 15 is 0 Å². The lowest BCUT2D eigenvalue weighted by molar-refractivity contribution is 0.483. The Bertz CT molecular complexity index is 368. The van der Waals surface area contributed by atoms with Gasteiger partial charge in [-0.1, -0.05) is 37.5 Å². The van der Waals surface area contributed by atoms with Crippen molar-refractivity contribution in [3.8, 4) is 0 Å². The van der Waals surface area contributed by atoms with Gasteiger partial charge >= 0.3 is 0 Å². The topological polar surface area (TPSA) is 12.0 Å². The minimum atomic E-state index is 0.563.